The highest BCUT2D eigenvalue weighted by Crippen LogP contribution is 3.25. The summed E-state index contributed by atoms with van der Waals surface area (Å²) >= 11 is 0. The van der Waals surface area contributed by atoms with Crippen LogP contribution in [-0.4, -0.2) is 0 Å². The Kier molecular flexibility index (Phi) is 1.33. The first kappa shape index (κ1) is 13.4. The maximum Gasteiger partial charge on any atom is -0.00632 e. The van der Waals surface area contributed by atoms with Crippen molar-refractivity contribution < 1.29 is 0 Å². The molecule has 0 aliphatic heterocycles. The summed E-state index contributed by atoms with van der Waals surface area (Å²) in [5.74, 6) is 15.9. The maximum absolute atomic E-state index is 2.84. The average molecular weight is 371 g/mol. The summed E-state index contributed by atoms with van der Waals surface area (Å²) in [4.78, 5) is 0. The third-order valence-corrected chi connectivity index (χ3v) is 18.0. The third kappa shape index (κ3) is 0.519. The molecule has 0 aromatic rings. The molecule has 12 aliphatic carbocycles. The molecule has 19 unspecified atom stereocenters. The van der Waals surface area contributed by atoms with E-state index in [9.17, 15) is 0 Å². The van der Waals surface area contributed by atoms with Gasteiger partial charge in [0.05, 0.1) is 0 Å². The molecule has 0 N–H and O–H groups in total. The van der Waals surface area contributed by atoms with Crippen molar-refractivity contribution in [3.8, 4) is 0 Å². The molecule has 12 fully saturated rings. The topological polar surface area (TPSA) is 0 Å². The molecule has 0 amide bonds. The highest BCUT2D eigenvalue weighted by Gasteiger charge is 3.22. The van der Waals surface area contributed by atoms with Crippen molar-refractivity contribution in [2.24, 2.45) is 109 Å². The van der Waals surface area contributed by atoms with Gasteiger partial charge in [-0.15, -0.1) is 0 Å². The lowest BCUT2D eigenvalue weighted by molar-refractivity contribution is -0.609. The van der Waals surface area contributed by atoms with Crippen LogP contribution in [0.4, 0.5) is 0 Å². The Balaban J connectivity index is 1.34. The van der Waals surface area contributed by atoms with Gasteiger partial charge in [-0.1, -0.05) is 33.6 Å². The van der Waals surface area contributed by atoms with Crippen LogP contribution >= 0.6 is 0 Å². The van der Waals surface area contributed by atoms with Crippen LogP contribution in [0.1, 0.15) is 59.3 Å². The summed E-state index contributed by atoms with van der Waals surface area (Å²) in [5, 5.41) is 0. The average Bonchev–Trinajstić information content (AvgIpc) is 3.33. The van der Waals surface area contributed by atoms with Crippen molar-refractivity contribution in [1.29, 1.82) is 0 Å². The molecule has 19 atom stereocenters. The number of rotatable bonds is 2. The van der Waals surface area contributed by atoms with Gasteiger partial charge in [0, 0.05) is 0 Å². The Morgan fingerprint density at radius 3 is 2.04 bits per heavy atom. The zero-order valence-electron chi connectivity index (χ0n) is 17.7. The Hall–Kier alpha value is 0. The lowest BCUT2D eigenvalue weighted by Crippen LogP contribution is -3.04. The molecule has 146 valence electrons. The van der Waals surface area contributed by atoms with E-state index in [1.165, 1.54) is 71.0 Å². The predicted octanol–water partition coefficient (Wildman–Crippen LogP) is 5.48. The summed E-state index contributed by atoms with van der Waals surface area (Å²) in [6.07, 6.45) is 10.1. The molecule has 4 bridgehead atoms. The van der Waals surface area contributed by atoms with Crippen LogP contribution in [0.15, 0.2) is 0 Å². The van der Waals surface area contributed by atoms with Crippen LogP contribution in [0, 0.1) is 109 Å². The molecule has 0 aromatic carbocycles. The Bertz CT molecular complexity index is 1030. The zero-order chi connectivity index (χ0) is 17.7. The number of hydrogen-bond acceptors (Lipinski definition) is 0. The summed E-state index contributed by atoms with van der Waals surface area (Å²) in [6.45, 7) is 8.21. The second kappa shape index (κ2) is 2.78. The van der Waals surface area contributed by atoms with E-state index >= 15 is 0 Å². The smallest absolute Gasteiger partial charge is 0.00632 e. The number of hydrogen-bond donors (Lipinski definition) is 0. The van der Waals surface area contributed by atoms with Gasteiger partial charge in [0.1, 0.15) is 0 Å². The standard InChI is InChI=1S/C28H34/c1-4-19-23-10(3)11-6-15(23)21-16-8-13-14-9-18-22-17-7-12(11)26(17,23)28(22)25(19,21)20(5-2)24(13,16)27(14,18)28/h10-22H,4-9H2,1-3H3. The van der Waals surface area contributed by atoms with Gasteiger partial charge in [0.15, 0.2) is 0 Å². The highest BCUT2D eigenvalue weighted by molar-refractivity contribution is 5.68. The second-order valence-electron chi connectivity index (χ2n) is 15.0. The van der Waals surface area contributed by atoms with Crippen molar-refractivity contribution >= 4 is 0 Å². The maximum atomic E-state index is 2.84. The summed E-state index contributed by atoms with van der Waals surface area (Å²) in [7, 11) is 0. The molecule has 12 saturated carbocycles. The summed E-state index contributed by atoms with van der Waals surface area (Å²) in [6, 6.07) is 0. The summed E-state index contributed by atoms with van der Waals surface area (Å²) in [5.41, 5.74) is 5.62. The lowest BCUT2D eigenvalue weighted by atomic mass is 8.96. The fourth-order valence-corrected chi connectivity index (χ4v) is 20.6. The van der Waals surface area contributed by atoms with Gasteiger partial charge in [0.25, 0.3) is 0 Å². The van der Waals surface area contributed by atoms with Crippen molar-refractivity contribution in [3.63, 3.8) is 0 Å². The molecule has 0 saturated heterocycles. The van der Waals surface area contributed by atoms with Crippen molar-refractivity contribution in [2.45, 2.75) is 59.3 Å². The highest BCUT2D eigenvalue weighted by atomic mass is 15.2. The molecule has 0 heteroatoms. The molecule has 0 radical (unpaired) electrons. The predicted molar refractivity (Wildman–Crippen MR) is 105 cm³/mol. The van der Waals surface area contributed by atoms with Gasteiger partial charge < -0.3 is 0 Å². The number of fused-ring (bicyclic) bond motifs is 7. The molecular formula is C28H34. The van der Waals surface area contributed by atoms with Gasteiger partial charge in [-0.05, 0) is 135 Å². The van der Waals surface area contributed by atoms with E-state index in [0.717, 1.165) is 38.4 Å². The molecule has 0 heterocycles. The first-order valence-electron chi connectivity index (χ1n) is 13.7. The fraction of sp³-hybridized carbons (Fsp3) is 1.00. The normalized spacial score (nSPS) is 95.9. The molecule has 0 nitrogen and oxygen atoms in total. The van der Waals surface area contributed by atoms with Crippen LogP contribution in [-0.2, 0) is 0 Å². The van der Waals surface area contributed by atoms with Crippen LogP contribution < -0.4 is 0 Å². The molecule has 12 rings (SSSR count). The Morgan fingerprint density at radius 1 is 0.607 bits per heavy atom. The van der Waals surface area contributed by atoms with E-state index in [4.69, 9.17) is 0 Å². The summed E-state index contributed by atoms with van der Waals surface area (Å²) < 4.78 is 0. The van der Waals surface area contributed by atoms with E-state index < -0.39 is 0 Å². The van der Waals surface area contributed by atoms with Crippen molar-refractivity contribution in [2.75, 3.05) is 0 Å². The Morgan fingerprint density at radius 2 is 1.25 bits per heavy atom. The van der Waals surface area contributed by atoms with Crippen LogP contribution in [0.5, 0.6) is 0 Å². The third-order valence-electron chi connectivity index (χ3n) is 18.0. The second-order valence-corrected chi connectivity index (χ2v) is 15.0. The molecule has 28 heavy (non-hydrogen) atoms. The van der Waals surface area contributed by atoms with E-state index in [2.05, 4.69) is 20.8 Å². The lowest BCUT2D eigenvalue weighted by Gasteiger charge is -3.07. The Labute approximate surface area is 169 Å². The molecular weight excluding hydrogens is 336 g/mol. The monoisotopic (exact) mass is 370 g/mol. The van der Waals surface area contributed by atoms with E-state index in [1.807, 2.05) is 0 Å². The zero-order valence-corrected chi connectivity index (χ0v) is 17.7. The molecule has 6 spiro atoms. The van der Waals surface area contributed by atoms with Gasteiger partial charge in [0.2, 0.25) is 0 Å². The molecule has 12 aliphatic rings. The van der Waals surface area contributed by atoms with Gasteiger partial charge in [-0.25, -0.2) is 0 Å². The van der Waals surface area contributed by atoms with Gasteiger partial charge >= 0.3 is 0 Å². The van der Waals surface area contributed by atoms with Crippen molar-refractivity contribution in [3.05, 3.63) is 0 Å². The van der Waals surface area contributed by atoms with Gasteiger partial charge in [-0.2, -0.15) is 0 Å². The minimum Gasteiger partial charge on any atom is -0.0651 e. The van der Waals surface area contributed by atoms with Crippen LogP contribution in [0.2, 0.25) is 0 Å². The van der Waals surface area contributed by atoms with Crippen molar-refractivity contribution in [1.82, 2.24) is 0 Å². The minimum atomic E-state index is 0.877. The minimum absolute atomic E-state index is 0.877. The quantitative estimate of drug-likeness (QED) is 0.604. The SMILES string of the molecule is CCC1C23C(C)C4CC2C2C5CC6C7CC8C9C%10CC4C%103C93C21C(CC)C56C783. The fourth-order valence-electron chi connectivity index (χ4n) is 20.6. The largest absolute Gasteiger partial charge is 0.0651 e. The van der Waals surface area contributed by atoms with Crippen LogP contribution in [0.3, 0.4) is 0 Å². The van der Waals surface area contributed by atoms with E-state index in [0.29, 0.717) is 0 Å². The first-order chi connectivity index (χ1) is 13.7. The van der Waals surface area contributed by atoms with Crippen LogP contribution in [0.25, 0.3) is 0 Å². The molecule has 0 aromatic heterocycles. The van der Waals surface area contributed by atoms with Gasteiger partial charge in [-0.3, -0.25) is 0 Å². The first-order valence-corrected chi connectivity index (χ1v) is 13.7. The van der Waals surface area contributed by atoms with E-state index in [1.54, 1.807) is 38.5 Å². The van der Waals surface area contributed by atoms with E-state index in [-0.39, 0.29) is 0 Å².